The molecule has 0 fully saturated rings. The lowest BCUT2D eigenvalue weighted by atomic mass is 9.82. The zero-order valence-corrected chi connectivity index (χ0v) is 22.5. The number of hydrogen-bond acceptors (Lipinski definition) is 5. The van der Waals surface area contributed by atoms with Crippen LogP contribution in [0.3, 0.4) is 0 Å². The Labute approximate surface area is 229 Å². The number of carbonyl (C=O) groups is 2. The van der Waals surface area contributed by atoms with Gasteiger partial charge in [-0.2, -0.15) is 0 Å². The Morgan fingerprint density at radius 3 is 2.56 bits per heavy atom. The summed E-state index contributed by atoms with van der Waals surface area (Å²) in [6.07, 6.45) is 2.22. The van der Waals surface area contributed by atoms with Gasteiger partial charge < -0.3 is 16.2 Å². The van der Waals surface area contributed by atoms with E-state index in [-0.39, 0.29) is 30.2 Å². The van der Waals surface area contributed by atoms with Gasteiger partial charge in [0.1, 0.15) is 0 Å². The SMILES string of the molecule is CCCC(c1cccc(C(=O)N[C@@H]2c3ccccc3C[C@H]2O)c1)N1C(=O)C[C@](CC)(c2ccccc2)N=C1N. The molecule has 0 saturated carbocycles. The molecule has 202 valence electrons. The molecule has 0 saturated heterocycles. The molecule has 1 heterocycles. The lowest BCUT2D eigenvalue weighted by Gasteiger charge is -2.40. The van der Waals surface area contributed by atoms with Crippen LogP contribution in [0.5, 0.6) is 0 Å². The second kappa shape index (κ2) is 11.0. The van der Waals surface area contributed by atoms with Crippen LogP contribution < -0.4 is 11.1 Å². The molecule has 2 amide bonds. The minimum Gasteiger partial charge on any atom is -0.390 e. The molecular weight excluding hydrogens is 488 g/mol. The molecule has 7 nitrogen and oxygen atoms in total. The zero-order valence-electron chi connectivity index (χ0n) is 22.5. The standard InChI is InChI=1S/C32H36N4O3/c1-3-11-26(36-28(38)20-32(4-2,35-31(36)33)24-15-6-5-7-16-24)22-13-10-14-23(18-22)30(39)34-29-25-17-9-8-12-21(25)19-27(29)37/h5-10,12-18,26-27,29,37H,3-4,11,19-20H2,1-2H3,(H2,33,35)(H,34,39)/t26?,27-,29-,32-/m1/s1. The predicted octanol–water partition coefficient (Wildman–Crippen LogP) is 4.77. The minimum absolute atomic E-state index is 0.0767. The van der Waals surface area contributed by atoms with Gasteiger partial charge in [-0.05, 0) is 47.2 Å². The van der Waals surface area contributed by atoms with Crippen molar-refractivity contribution in [3.63, 3.8) is 0 Å². The molecule has 7 heteroatoms. The summed E-state index contributed by atoms with van der Waals surface area (Å²) in [6, 6.07) is 24.1. The number of fused-ring (bicyclic) bond motifs is 1. The van der Waals surface area contributed by atoms with Crippen molar-refractivity contribution in [2.75, 3.05) is 0 Å². The van der Waals surface area contributed by atoms with Gasteiger partial charge in [-0.25, -0.2) is 4.99 Å². The van der Waals surface area contributed by atoms with E-state index in [0.29, 0.717) is 24.8 Å². The molecule has 4 atom stereocenters. The molecule has 5 rings (SSSR count). The van der Waals surface area contributed by atoms with Crippen LogP contribution in [0, 0.1) is 0 Å². The van der Waals surface area contributed by atoms with Crippen molar-refractivity contribution in [2.24, 2.45) is 10.7 Å². The van der Waals surface area contributed by atoms with E-state index in [2.05, 4.69) is 12.2 Å². The number of aliphatic imine (C=N–C) groups is 1. The first kappa shape index (κ1) is 26.6. The van der Waals surface area contributed by atoms with Crippen LogP contribution in [-0.4, -0.2) is 33.9 Å². The third kappa shape index (κ3) is 5.06. The van der Waals surface area contributed by atoms with Gasteiger partial charge in [0, 0.05) is 12.0 Å². The normalized spacial score (nSPS) is 23.2. The van der Waals surface area contributed by atoms with E-state index in [9.17, 15) is 14.7 Å². The topological polar surface area (TPSA) is 108 Å². The number of aliphatic hydroxyl groups is 1. The van der Waals surface area contributed by atoms with Crippen molar-refractivity contribution in [1.29, 1.82) is 0 Å². The summed E-state index contributed by atoms with van der Waals surface area (Å²) in [5, 5.41) is 13.6. The van der Waals surface area contributed by atoms with Crippen LogP contribution in [0.25, 0.3) is 0 Å². The Hall–Kier alpha value is -3.97. The van der Waals surface area contributed by atoms with Gasteiger partial charge in [-0.1, -0.05) is 87.0 Å². The molecule has 1 aliphatic carbocycles. The maximum atomic E-state index is 13.7. The van der Waals surface area contributed by atoms with Gasteiger partial charge >= 0.3 is 0 Å². The fraction of sp³-hybridized carbons (Fsp3) is 0.344. The first-order chi connectivity index (χ1) is 18.9. The highest BCUT2D eigenvalue weighted by atomic mass is 16.3. The fourth-order valence-corrected chi connectivity index (χ4v) is 6.01. The summed E-state index contributed by atoms with van der Waals surface area (Å²) in [5.41, 5.74) is 10.1. The molecule has 2 aliphatic rings. The number of nitrogens with one attached hydrogen (secondary N) is 1. The van der Waals surface area contributed by atoms with Crippen molar-refractivity contribution in [3.8, 4) is 0 Å². The number of rotatable bonds is 8. The molecule has 3 aromatic carbocycles. The van der Waals surface area contributed by atoms with E-state index in [4.69, 9.17) is 10.7 Å². The van der Waals surface area contributed by atoms with Gasteiger partial charge in [-0.3, -0.25) is 14.5 Å². The average molecular weight is 525 g/mol. The first-order valence-corrected chi connectivity index (χ1v) is 13.8. The molecule has 1 unspecified atom stereocenters. The third-order valence-electron chi connectivity index (χ3n) is 8.08. The Kier molecular flexibility index (Phi) is 7.53. The van der Waals surface area contributed by atoms with Crippen molar-refractivity contribution in [1.82, 2.24) is 10.2 Å². The summed E-state index contributed by atoms with van der Waals surface area (Å²) in [7, 11) is 0. The smallest absolute Gasteiger partial charge is 0.251 e. The maximum absolute atomic E-state index is 13.7. The maximum Gasteiger partial charge on any atom is 0.251 e. The number of carbonyl (C=O) groups excluding carboxylic acids is 2. The Bertz CT molecular complexity index is 1390. The van der Waals surface area contributed by atoms with Crippen molar-refractivity contribution < 1.29 is 14.7 Å². The quantitative estimate of drug-likeness (QED) is 0.395. The fourth-order valence-electron chi connectivity index (χ4n) is 6.01. The number of hydrogen-bond donors (Lipinski definition) is 3. The monoisotopic (exact) mass is 524 g/mol. The van der Waals surface area contributed by atoms with E-state index in [1.165, 1.54) is 0 Å². The molecule has 4 N–H and O–H groups in total. The van der Waals surface area contributed by atoms with Gasteiger partial charge in [0.15, 0.2) is 5.96 Å². The molecule has 0 bridgehead atoms. The van der Waals surface area contributed by atoms with Crippen molar-refractivity contribution >= 4 is 17.8 Å². The first-order valence-electron chi connectivity index (χ1n) is 13.8. The zero-order chi connectivity index (χ0) is 27.6. The van der Waals surface area contributed by atoms with Gasteiger partial charge in [0.05, 0.1) is 30.1 Å². The lowest BCUT2D eigenvalue weighted by molar-refractivity contribution is -0.131. The summed E-state index contributed by atoms with van der Waals surface area (Å²) >= 11 is 0. The number of nitrogens with zero attached hydrogens (tertiary/aromatic N) is 2. The van der Waals surface area contributed by atoms with Crippen molar-refractivity contribution in [3.05, 3.63) is 107 Å². The molecule has 3 aromatic rings. The van der Waals surface area contributed by atoms with Crippen molar-refractivity contribution in [2.45, 2.75) is 69.7 Å². The Morgan fingerprint density at radius 1 is 1.10 bits per heavy atom. The second-order valence-electron chi connectivity index (χ2n) is 10.5. The predicted molar refractivity (Wildman–Crippen MR) is 152 cm³/mol. The van der Waals surface area contributed by atoms with Gasteiger partial charge in [0.2, 0.25) is 5.91 Å². The summed E-state index contributed by atoms with van der Waals surface area (Å²) in [4.78, 5) is 33.5. The van der Waals surface area contributed by atoms with E-state index in [1.807, 2.05) is 79.7 Å². The van der Waals surface area contributed by atoms with Gasteiger partial charge in [-0.15, -0.1) is 0 Å². The van der Waals surface area contributed by atoms with E-state index in [1.54, 1.807) is 11.0 Å². The second-order valence-corrected chi connectivity index (χ2v) is 10.5. The summed E-state index contributed by atoms with van der Waals surface area (Å²) in [6.45, 7) is 4.09. The van der Waals surface area contributed by atoms with E-state index < -0.39 is 17.7 Å². The minimum atomic E-state index is -0.685. The number of nitrogens with two attached hydrogens (primary N) is 1. The molecule has 0 radical (unpaired) electrons. The molecule has 1 aliphatic heterocycles. The highest BCUT2D eigenvalue weighted by Gasteiger charge is 2.42. The van der Waals surface area contributed by atoms with Crippen LogP contribution in [0.1, 0.15) is 84.2 Å². The largest absolute Gasteiger partial charge is 0.390 e. The highest BCUT2D eigenvalue weighted by Crippen LogP contribution is 2.40. The number of benzene rings is 3. The van der Waals surface area contributed by atoms with Crippen LogP contribution in [0.15, 0.2) is 83.9 Å². The van der Waals surface area contributed by atoms with E-state index in [0.717, 1.165) is 28.7 Å². The van der Waals surface area contributed by atoms with Gasteiger partial charge in [0.25, 0.3) is 5.91 Å². The molecule has 39 heavy (non-hydrogen) atoms. The number of amides is 2. The summed E-state index contributed by atoms with van der Waals surface area (Å²) in [5.74, 6) is -0.142. The Balaban J connectivity index is 1.42. The van der Waals surface area contributed by atoms with Crippen LogP contribution in [-0.2, 0) is 16.8 Å². The number of aliphatic hydroxyl groups excluding tert-OH is 1. The third-order valence-corrected chi connectivity index (χ3v) is 8.08. The lowest BCUT2D eigenvalue weighted by Crippen LogP contribution is -2.51. The van der Waals surface area contributed by atoms with Crippen LogP contribution >= 0.6 is 0 Å². The van der Waals surface area contributed by atoms with Crippen LogP contribution in [0.4, 0.5) is 0 Å². The number of guanidine groups is 1. The molecular formula is C32H36N4O3. The van der Waals surface area contributed by atoms with E-state index >= 15 is 0 Å². The molecule has 0 aromatic heterocycles. The van der Waals surface area contributed by atoms with Crippen LogP contribution in [0.2, 0.25) is 0 Å². The average Bonchev–Trinajstić information content (AvgIpc) is 3.27. The Morgan fingerprint density at radius 2 is 1.85 bits per heavy atom. The highest BCUT2D eigenvalue weighted by molar-refractivity contribution is 6.00. The summed E-state index contributed by atoms with van der Waals surface area (Å²) < 4.78 is 0. The molecule has 0 spiro atoms.